The predicted molar refractivity (Wildman–Crippen MR) is 107 cm³/mol. The average molecular weight is 384 g/mol. The zero-order valence-electron chi connectivity index (χ0n) is 15.6. The van der Waals surface area contributed by atoms with Gasteiger partial charge in [-0.15, -0.1) is 0 Å². The molecular weight excluding hydrogens is 366 g/mol. The molecule has 0 aliphatic rings. The third-order valence-electron chi connectivity index (χ3n) is 4.09. The van der Waals surface area contributed by atoms with Crippen molar-refractivity contribution in [3.05, 3.63) is 101 Å². The van der Waals surface area contributed by atoms with E-state index in [9.17, 15) is 9.90 Å². The Balaban J connectivity index is 1.85. The maximum absolute atomic E-state index is 11.0. The van der Waals surface area contributed by atoms with Crippen LogP contribution in [0.3, 0.4) is 0 Å². The van der Waals surface area contributed by atoms with Crippen molar-refractivity contribution in [2.75, 3.05) is 0 Å². The lowest BCUT2D eigenvalue weighted by molar-refractivity contribution is -0.298. The Labute approximate surface area is 169 Å². The van der Waals surface area contributed by atoms with Crippen molar-refractivity contribution in [1.29, 1.82) is 5.26 Å². The van der Waals surface area contributed by atoms with Crippen molar-refractivity contribution >= 4 is 12.0 Å². The van der Waals surface area contributed by atoms with Gasteiger partial charge >= 0.3 is 0 Å². The van der Waals surface area contributed by atoms with Gasteiger partial charge < -0.3 is 19.4 Å². The normalized spacial score (nSPS) is 10.8. The van der Waals surface area contributed by atoms with Crippen molar-refractivity contribution in [1.82, 2.24) is 0 Å². The number of carbonyl (C=O) groups is 1. The van der Waals surface area contributed by atoms with Gasteiger partial charge in [-0.3, -0.25) is 0 Å². The van der Waals surface area contributed by atoms with Crippen LogP contribution in [-0.4, -0.2) is 5.97 Å². The molecule has 0 saturated carbocycles. The minimum atomic E-state index is -1.52. The molecule has 3 rings (SSSR count). The van der Waals surface area contributed by atoms with E-state index in [2.05, 4.69) is 0 Å². The van der Waals surface area contributed by atoms with Crippen LogP contribution in [0.15, 0.2) is 84.4 Å². The lowest BCUT2D eigenvalue weighted by atomic mass is 10.1. The number of hydrogen-bond acceptors (Lipinski definition) is 5. The molecule has 0 heterocycles. The second kappa shape index (κ2) is 9.77. The highest BCUT2D eigenvalue weighted by Crippen LogP contribution is 2.31. The van der Waals surface area contributed by atoms with Gasteiger partial charge in [0.25, 0.3) is 0 Å². The first-order valence-corrected chi connectivity index (χ1v) is 8.96. The zero-order valence-corrected chi connectivity index (χ0v) is 15.6. The summed E-state index contributed by atoms with van der Waals surface area (Å²) in [6.45, 7) is 0.682. The second-order valence-electron chi connectivity index (χ2n) is 6.21. The van der Waals surface area contributed by atoms with Crippen LogP contribution in [0.5, 0.6) is 11.5 Å². The second-order valence-corrected chi connectivity index (χ2v) is 6.21. The van der Waals surface area contributed by atoms with E-state index in [0.29, 0.717) is 30.3 Å². The molecule has 0 radical (unpaired) electrons. The summed E-state index contributed by atoms with van der Waals surface area (Å²) in [5, 5.41) is 19.9. The number of hydrogen-bond donors (Lipinski definition) is 0. The molecule has 3 aromatic carbocycles. The van der Waals surface area contributed by atoms with Gasteiger partial charge in [-0.05, 0) is 34.9 Å². The van der Waals surface area contributed by atoms with E-state index in [1.165, 1.54) is 6.08 Å². The smallest absolute Gasteiger partial charge is 0.162 e. The Hall–Kier alpha value is -4.04. The highest BCUT2D eigenvalue weighted by molar-refractivity contribution is 5.95. The van der Waals surface area contributed by atoms with Crippen molar-refractivity contribution in [3.63, 3.8) is 0 Å². The van der Waals surface area contributed by atoms with Gasteiger partial charge in [0, 0.05) is 0 Å². The molecule has 0 unspecified atom stereocenters. The van der Waals surface area contributed by atoms with Crippen LogP contribution in [0.1, 0.15) is 16.7 Å². The van der Waals surface area contributed by atoms with Crippen molar-refractivity contribution < 1.29 is 19.4 Å². The van der Waals surface area contributed by atoms with Gasteiger partial charge in [0.15, 0.2) is 11.5 Å². The quantitative estimate of drug-likeness (QED) is 0.438. The molecule has 0 aromatic heterocycles. The third kappa shape index (κ3) is 5.72. The van der Waals surface area contributed by atoms with E-state index in [1.807, 2.05) is 60.7 Å². The fraction of sp³-hybridized carbons (Fsp3) is 0.0833. The molecule has 0 atom stereocenters. The summed E-state index contributed by atoms with van der Waals surface area (Å²) in [6.07, 6.45) is 1.24. The van der Waals surface area contributed by atoms with Gasteiger partial charge in [0.2, 0.25) is 0 Å². The molecule has 0 fully saturated rings. The summed E-state index contributed by atoms with van der Waals surface area (Å²) in [6, 6.07) is 26.0. The van der Waals surface area contributed by atoms with Crippen molar-refractivity contribution in [2.45, 2.75) is 13.2 Å². The topological polar surface area (TPSA) is 82.4 Å². The summed E-state index contributed by atoms with van der Waals surface area (Å²) in [5.74, 6) is -0.549. The number of aliphatic carboxylic acids is 1. The molecule has 0 saturated heterocycles. The summed E-state index contributed by atoms with van der Waals surface area (Å²) in [7, 11) is 0. The predicted octanol–water partition coefficient (Wildman–Crippen LogP) is 3.50. The minimum Gasteiger partial charge on any atom is -0.544 e. The summed E-state index contributed by atoms with van der Waals surface area (Å²) in [5.41, 5.74) is 2.03. The summed E-state index contributed by atoms with van der Waals surface area (Å²) in [4.78, 5) is 11.0. The van der Waals surface area contributed by atoms with Gasteiger partial charge in [0.05, 0.1) is 11.5 Å². The Morgan fingerprint density at radius 3 is 1.93 bits per heavy atom. The van der Waals surface area contributed by atoms with E-state index in [4.69, 9.17) is 14.7 Å². The average Bonchev–Trinajstić information content (AvgIpc) is 2.76. The van der Waals surface area contributed by atoms with Gasteiger partial charge in [-0.1, -0.05) is 66.7 Å². The molecule has 144 valence electrons. The number of carbonyl (C=O) groups excluding carboxylic acids is 1. The van der Waals surface area contributed by atoms with Crippen molar-refractivity contribution in [2.24, 2.45) is 0 Å². The molecule has 29 heavy (non-hydrogen) atoms. The molecular formula is C24H18NO4-. The number of rotatable bonds is 8. The Morgan fingerprint density at radius 2 is 1.41 bits per heavy atom. The molecule has 0 spiro atoms. The van der Waals surface area contributed by atoms with Crippen LogP contribution in [0.2, 0.25) is 0 Å². The lowest BCUT2D eigenvalue weighted by Gasteiger charge is -2.14. The van der Waals surface area contributed by atoms with Gasteiger partial charge in [0.1, 0.15) is 19.3 Å². The first-order valence-electron chi connectivity index (χ1n) is 8.96. The van der Waals surface area contributed by atoms with Crippen LogP contribution < -0.4 is 14.6 Å². The van der Waals surface area contributed by atoms with E-state index < -0.39 is 11.5 Å². The Morgan fingerprint density at radius 1 is 0.862 bits per heavy atom. The molecule has 0 amide bonds. The monoisotopic (exact) mass is 384 g/mol. The highest BCUT2D eigenvalue weighted by Gasteiger charge is 2.09. The van der Waals surface area contributed by atoms with Crippen molar-refractivity contribution in [3.8, 4) is 17.6 Å². The van der Waals surface area contributed by atoms with E-state index in [0.717, 1.165) is 11.1 Å². The van der Waals surface area contributed by atoms with Crippen LogP contribution >= 0.6 is 0 Å². The maximum atomic E-state index is 11.0. The minimum absolute atomic E-state index is 0.321. The van der Waals surface area contributed by atoms with Crippen LogP contribution in [0.25, 0.3) is 6.08 Å². The molecule has 3 aromatic rings. The number of ether oxygens (including phenoxy) is 2. The van der Waals surface area contributed by atoms with Crippen LogP contribution in [-0.2, 0) is 18.0 Å². The van der Waals surface area contributed by atoms with E-state index in [-0.39, 0.29) is 0 Å². The first kappa shape index (κ1) is 19.7. The Bertz CT molecular complexity index is 1040. The van der Waals surface area contributed by atoms with E-state index >= 15 is 0 Å². The molecule has 0 N–H and O–H groups in total. The van der Waals surface area contributed by atoms with Gasteiger partial charge in [-0.25, -0.2) is 0 Å². The highest BCUT2D eigenvalue weighted by atomic mass is 16.5. The number of carboxylic acid groups (broad SMARTS) is 1. The fourth-order valence-electron chi connectivity index (χ4n) is 2.62. The van der Waals surface area contributed by atoms with Crippen LogP contribution in [0.4, 0.5) is 0 Å². The fourth-order valence-corrected chi connectivity index (χ4v) is 2.62. The van der Waals surface area contributed by atoms with Crippen LogP contribution in [0, 0.1) is 11.3 Å². The summed E-state index contributed by atoms with van der Waals surface area (Å²) < 4.78 is 11.8. The number of benzene rings is 3. The lowest BCUT2D eigenvalue weighted by Crippen LogP contribution is -2.23. The standard InChI is InChI=1S/C24H19NO4/c25-15-21(24(26)27)13-20-11-12-22(28-16-18-7-3-1-4-8-18)23(14-20)29-17-19-9-5-2-6-10-19/h1-14H,16-17H2,(H,26,27)/p-1/b21-13+. The van der Waals surface area contributed by atoms with Gasteiger partial charge in [-0.2, -0.15) is 5.26 Å². The largest absolute Gasteiger partial charge is 0.544 e. The Kier molecular flexibility index (Phi) is 6.64. The SMILES string of the molecule is N#C/C(=C\c1ccc(OCc2ccccc2)c(OCc2ccccc2)c1)C(=O)[O-]. The zero-order chi connectivity index (χ0) is 20.5. The molecule has 5 nitrogen and oxygen atoms in total. The molecule has 5 heteroatoms. The number of carboxylic acids is 1. The number of nitrogens with zero attached hydrogens (tertiary/aromatic N) is 1. The van der Waals surface area contributed by atoms with E-state index in [1.54, 1.807) is 24.3 Å². The molecule has 0 aliphatic carbocycles. The number of nitriles is 1. The molecule has 0 aliphatic heterocycles. The third-order valence-corrected chi connectivity index (χ3v) is 4.09. The first-order chi connectivity index (χ1) is 14.2. The summed E-state index contributed by atoms with van der Waals surface area (Å²) >= 11 is 0. The molecule has 0 bridgehead atoms. The maximum Gasteiger partial charge on any atom is 0.162 e.